The van der Waals surface area contributed by atoms with E-state index in [1.807, 2.05) is 78.9 Å². The van der Waals surface area contributed by atoms with Crippen LogP contribution in [0.15, 0.2) is 91.0 Å². The fourth-order valence-corrected chi connectivity index (χ4v) is 6.55. The highest BCUT2D eigenvalue weighted by atomic mass is 16.6. The van der Waals surface area contributed by atoms with Gasteiger partial charge in [-0.3, -0.25) is 24.0 Å². The lowest BCUT2D eigenvalue weighted by Crippen LogP contribution is -2.31. The molecule has 3 radical (unpaired) electrons. The minimum atomic E-state index is -0.938. The van der Waals surface area contributed by atoms with Gasteiger partial charge in [0.2, 0.25) is 0 Å². The smallest absolute Gasteiger partial charge is 0.309 e. The topological polar surface area (TPSA) is 159 Å². The zero-order valence-corrected chi connectivity index (χ0v) is 38.2. The van der Waals surface area contributed by atoms with Crippen molar-refractivity contribution in [1.29, 1.82) is 0 Å². The van der Waals surface area contributed by atoms with Crippen LogP contribution in [-0.4, -0.2) is 95.5 Å². The lowest BCUT2D eigenvalue weighted by atomic mass is 10.0. The first-order valence-electron chi connectivity index (χ1n) is 22.4. The lowest BCUT2D eigenvalue weighted by Gasteiger charge is -2.23. The number of carbonyl (C=O) groups excluding carboxylic acids is 5. The maximum Gasteiger partial charge on any atom is 0.309 e. The van der Waals surface area contributed by atoms with Gasteiger partial charge >= 0.3 is 23.9 Å². The number of hydrogen-bond donors (Lipinski definition) is 0. The Balaban J connectivity index is 0. The van der Waals surface area contributed by atoms with Crippen molar-refractivity contribution in [2.45, 2.75) is 162 Å². The van der Waals surface area contributed by atoms with Crippen LogP contribution < -0.4 is 14.2 Å². The van der Waals surface area contributed by atoms with Gasteiger partial charge in [-0.1, -0.05) is 89.2 Å². The first-order valence-corrected chi connectivity index (χ1v) is 22.4. The van der Waals surface area contributed by atoms with Crippen LogP contribution in [0.5, 0.6) is 17.2 Å². The minimum Gasteiger partial charge on any atom is -0.494 e. The fourth-order valence-electron chi connectivity index (χ4n) is 6.55. The van der Waals surface area contributed by atoms with Crippen molar-refractivity contribution in [2.24, 2.45) is 0 Å². The first kappa shape index (κ1) is 60.6. The van der Waals surface area contributed by atoms with E-state index < -0.39 is 48.3 Å². The molecule has 0 fully saturated rings. The number of methoxy groups -OCH3 is 1. The van der Waals surface area contributed by atoms with Gasteiger partial charge in [0, 0.05) is 29.8 Å². The molecule has 0 aliphatic rings. The molecule has 5 atom stereocenters. The molecule has 0 spiro atoms. The Morgan fingerprint density at radius 2 is 0.818 bits per heavy atom. The van der Waals surface area contributed by atoms with E-state index in [1.54, 1.807) is 26.0 Å². The van der Waals surface area contributed by atoms with Gasteiger partial charge in [0.1, 0.15) is 47.4 Å². The molecular weight excluding hydrogens is 843 g/mol. The van der Waals surface area contributed by atoms with E-state index in [9.17, 15) is 24.0 Å². The van der Waals surface area contributed by atoms with Gasteiger partial charge < -0.3 is 37.9 Å². The Kier molecular flexibility index (Phi) is 33.8. The van der Waals surface area contributed by atoms with Gasteiger partial charge in [-0.2, -0.15) is 0 Å². The predicted octanol–water partition coefficient (Wildman–Crippen LogP) is 10.5. The highest BCUT2D eigenvalue weighted by Gasteiger charge is 2.27. The number of rotatable bonds is 34. The maximum absolute atomic E-state index is 13.6. The molecule has 5 unspecified atom stereocenters. The van der Waals surface area contributed by atoms with Crippen LogP contribution in [0.25, 0.3) is 0 Å². The quantitative estimate of drug-likeness (QED) is 0.0241. The molecule has 0 N–H and O–H groups in total. The average Bonchev–Trinajstić information content (AvgIpc) is 3.26. The summed E-state index contributed by atoms with van der Waals surface area (Å²) in [7, 11) is 1.50. The lowest BCUT2D eigenvalue weighted by molar-refractivity contribution is -0.163. The van der Waals surface area contributed by atoms with Crippen LogP contribution in [0.1, 0.15) is 133 Å². The number of ketones is 1. The molecule has 3 rings (SSSR count). The third-order valence-electron chi connectivity index (χ3n) is 10.0. The second-order valence-electron chi connectivity index (χ2n) is 15.6. The summed E-state index contributed by atoms with van der Waals surface area (Å²) in [5, 5.41) is 0. The Bertz CT molecular complexity index is 1740. The van der Waals surface area contributed by atoms with E-state index in [4.69, 9.17) is 37.9 Å². The Labute approximate surface area is 397 Å². The standard InChI is InChI=1S/C50H68O13.2CH4.B.H2/c1-5-40(60-47(52)34-39(3)56-4)35-48(53)63-46(29-32-59-43-25-16-10-17-26-43)37-50(55)62-45(28-18-20-31-58-42-23-14-9-15-24-42)36-49(54)61-44(33-38(2)51)27-11-6-7-19-30-57-41-21-12-8-13-22-41;;;;/h8-10,12-17,21-26,39-40,44-46H,5-7,11,18-20,27-37H2,1-4H3;2*1H4;;1H/i;;;;1+1. The number of esters is 4. The van der Waals surface area contributed by atoms with Crippen LogP contribution in [0, 0.1) is 0 Å². The third-order valence-corrected chi connectivity index (χ3v) is 10.0. The van der Waals surface area contributed by atoms with Gasteiger partial charge in [0.05, 0.1) is 51.6 Å². The Morgan fingerprint density at radius 1 is 0.470 bits per heavy atom. The van der Waals surface area contributed by atoms with Crippen LogP contribution >= 0.6 is 0 Å². The summed E-state index contributed by atoms with van der Waals surface area (Å²) in [5.74, 6) is -0.303. The average molecular weight is 923 g/mol. The van der Waals surface area contributed by atoms with Crippen molar-refractivity contribution >= 4 is 38.1 Å². The van der Waals surface area contributed by atoms with Gasteiger partial charge in [0.15, 0.2) is 0 Å². The molecule has 0 aromatic heterocycles. The maximum atomic E-state index is 13.6. The summed E-state index contributed by atoms with van der Waals surface area (Å²) in [6.45, 7) is 6.16. The van der Waals surface area contributed by atoms with E-state index in [1.165, 1.54) is 14.0 Å². The number of ether oxygens (including phenoxy) is 8. The highest BCUT2D eigenvalue weighted by Crippen LogP contribution is 2.20. The molecule has 0 saturated heterocycles. The van der Waals surface area contributed by atoms with Crippen molar-refractivity contribution in [1.82, 2.24) is 0 Å². The number of unbranched alkanes of at least 4 members (excludes halogenated alkanes) is 4. The van der Waals surface area contributed by atoms with E-state index >= 15 is 0 Å². The molecule has 0 heterocycles. The monoisotopic (exact) mass is 923 g/mol. The Hall–Kier alpha value is -5.37. The fraction of sp³-hybridized carbons (Fsp3) is 0.558. The van der Waals surface area contributed by atoms with E-state index in [-0.39, 0.29) is 81.7 Å². The molecule has 0 aliphatic heterocycles. The van der Waals surface area contributed by atoms with Crippen molar-refractivity contribution in [3.63, 3.8) is 0 Å². The minimum absolute atomic E-state index is 0. The van der Waals surface area contributed by atoms with Crippen LogP contribution in [0.3, 0.4) is 0 Å². The number of Topliss-reactive ketones (excluding diaryl/α,β-unsaturated/α-hetero) is 1. The van der Waals surface area contributed by atoms with Gasteiger partial charge in [-0.05, 0) is 95.2 Å². The first-order chi connectivity index (χ1) is 30.5. The van der Waals surface area contributed by atoms with Crippen LogP contribution in [-0.2, 0) is 47.7 Å². The van der Waals surface area contributed by atoms with Crippen molar-refractivity contribution in [2.75, 3.05) is 26.9 Å². The molecule has 66 heavy (non-hydrogen) atoms. The molecule has 0 saturated carbocycles. The third kappa shape index (κ3) is 28.5. The summed E-state index contributed by atoms with van der Waals surface area (Å²) in [6.07, 6.45) is 1.98. The SMILES string of the molecule is C.C.CCC(CC(=O)OC(CCOc1ccccc1)CC(=O)OC(CCCCOc1ccccc1)CC(=O)OC(CCCCCCOc1ccccc1)CC(C)=O)OC(=O)CC(C)OC.[2HH].[B]. The normalized spacial score (nSPS) is 12.7. The summed E-state index contributed by atoms with van der Waals surface area (Å²) in [5.41, 5.74) is 0. The zero-order chi connectivity index (χ0) is 45.5. The molecule has 14 heteroatoms. The van der Waals surface area contributed by atoms with Crippen LogP contribution in [0.2, 0.25) is 0 Å². The second-order valence-corrected chi connectivity index (χ2v) is 15.6. The molecule has 3 aromatic rings. The number of benzene rings is 3. The molecule has 367 valence electrons. The van der Waals surface area contributed by atoms with Gasteiger partial charge in [-0.15, -0.1) is 0 Å². The molecular formula is C52H78BO13. The zero-order valence-electron chi connectivity index (χ0n) is 38.2. The molecule has 3 aromatic carbocycles. The number of para-hydroxylation sites is 3. The largest absolute Gasteiger partial charge is 0.494 e. The van der Waals surface area contributed by atoms with E-state index in [0.717, 1.165) is 37.2 Å². The molecule has 0 amide bonds. The second kappa shape index (κ2) is 36.8. The molecule has 0 aliphatic carbocycles. The van der Waals surface area contributed by atoms with Crippen molar-refractivity contribution in [3.05, 3.63) is 91.0 Å². The van der Waals surface area contributed by atoms with Gasteiger partial charge in [0.25, 0.3) is 0 Å². The van der Waals surface area contributed by atoms with Crippen molar-refractivity contribution in [3.8, 4) is 17.2 Å². The number of carbonyl (C=O) groups is 5. The summed E-state index contributed by atoms with van der Waals surface area (Å²) in [4.78, 5) is 64.8. The number of hydrogen-bond acceptors (Lipinski definition) is 13. The summed E-state index contributed by atoms with van der Waals surface area (Å²) >= 11 is 0. The molecule has 0 bridgehead atoms. The molecule has 13 nitrogen and oxygen atoms in total. The predicted molar refractivity (Wildman–Crippen MR) is 259 cm³/mol. The summed E-state index contributed by atoms with van der Waals surface area (Å²) in [6, 6.07) is 28.2. The Morgan fingerprint density at radius 3 is 1.26 bits per heavy atom. The van der Waals surface area contributed by atoms with Crippen molar-refractivity contribution < 1.29 is 63.3 Å². The van der Waals surface area contributed by atoms with Gasteiger partial charge in [-0.25, -0.2) is 0 Å². The van der Waals surface area contributed by atoms with E-state index in [2.05, 4.69) is 0 Å². The summed E-state index contributed by atoms with van der Waals surface area (Å²) < 4.78 is 45.7. The highest BCUT2D eigenvalue weighted by molar-refractivity contribution is 5.77. The van der Waals surface area contributed by atoms with E-state index in [0.29, 0.717) is 51.1 Å². The van der Waals surface area contributed by atoms with Crippen LogP contribution in [0.4, 0.5) is 0 Å².